The summed E-state index contributed by atoms with van der Waals surface area (Å²) >= 11 is 0. The Balaban J connectivity index is 1.64. The first kappa shape index (κ1) is 21.9. The molecule has 0 saturated carbocycles. The Morgan fingerprint density at radius 2 is 1.97 bits per heavy atom. The van der Waals surface area contributed by atoms with Gasteiger partial charge in [0.25, 0.3) is 0 Å². The van der Waals surface area contributed by atoms with Crippen LogP contribution in [0.5, 0.6) is 5.88 Å². The number of anilines is 1. The minimum absolute atomic E-state index is 0.0481. The molecule has 1 aliphatic rings. The highest BCUT2D eigenvalue weighted by Crippen LogP contribution is 2.31. The quantitative estimate of drug-likeness (QED) is 0.578. The zero-order chi connectivity index (χ0) is 22.8. The molecule has 2 aromatic heterocycles. The molecule has 0 saturated heterocycles. The van der Waals surface area contributed by atoms with E-state index in [1.54, 1.807) is 18.6 Å². The SMILES string of the molecule is Cc1cc(-c2cc3nccnc3c(OCC(C)C3C=NC(=O)CC3C)n2)ccc1N(C)C. The number of hydrogen-bond donors (Lipinski definition) is 0. The molecule has 0 spiro atoms. The van der Waals surface area contributed by atoms with Crippen LogP contribution >= 0.6 is 0 Å². The smallest absolute Gasteiger partial charge is 0.245 e. The van der Waals surface area contributed by atoms with E-state index in [1.807, 2.05) is 20.2 Å². The molecule has 3 atom stereocenters. The van der Waals surface area contributed by atoms with E-state index >= 15 is 0 Å². The van der Waals surface area contributed by atoms with Crippen molar-refractivity contribution in [3.8, 4) is 17.1 Å². The van der Waals surface area contributed by atoms with E-state index in [-0.39, 0.29) is 23.7 Å². The van der Waals surface area contributed by atoms with Gasteiger partial charge in [-0.3, -0.25) is 9.78 Å². The molecule has 3 heterocycles. The first-order valence-electron chi connectivity index (χ1n) is 10.9. The molecular formula is C25H29N5O2. The number of ether oxygens (including phenoxy) is 1. The van der Waals surface area contributed by atoms with Crippen LogP contribution in [-0.4, -0.2) is 47.8 Å². The highest BCUT2D eigenvalue weighted by molar-refractivity contribution is 5.88. The van der Waals surface area contributed by atoms with Crippen molar-refractivity contribution in [3.05, 3.63) is 42.2 Å². The Kier molecular flexibility index (Phi) is 6.17. The fourth-order valence-electron chi connectivity index (χ4n) is 4.32. The average Bonchev–Trinajstić information content (AvgIpc) is 2.76. The number of amides is 1. The van der Waals surface area contributed by atoms with Gasteiger partial charge in [-0.1, -0.05) is 19.9 Å². The molecule has 0 fully saturated rings. The summed E-state index contributed by atoms with van der Waals surface area (Å²) in [7, 11) is 4.07. The Bertz CT molecular complexity index is 1170. The van der Waals surface area contributed by atoms with Gasteiger partial charge in [0.2, 0.25) is 11.8 Å². The lowest BCUT2D eigenvalue weighted by atomic mass is 9.81. The summed E-state index contributed by atoms with van der Waals surface area (Å²) in [6.45, 7) is 6.75. The molecule has 166 valence electrons. The Hall–Kier alpha value is -3.35. The third-order valence-corrected chi connectivity index (χ3v) is 6.08. The van der Waals surface area contributed by atoms with Crippen molar-refractivity contribution in [2.24, 2.45) is 22.7 Å². The van der Waals surface area contributed by atoms with E-state index in [0.29, 0.717) is 24.4 Å². The highest BCUT2D eigenvalue weighted by Gasteiger charge is 2.28. The fourth-order valence-corrected chi connectivity index (χ4v) is 4.32. The molecule has 1 amide bonds. The standard InChI is InChI=1S/C25H29N5O2/c1-15-11-23(31)28-13-19(15)17(3)14-32-25-24-21(26-8-9-27-24)12-20(29-25)18-6-7-22(30(4)5)16(2)10-18/h6-10,12-13,15,17,19H,11,14H2,1-5H3. The second-order valence-corrected chi connectivity index (χ2v) is 8.85. The molecule has 0 radical (unpaired) electrons. The number of carbonyl (C=O) groups is 1. The third kappa shape index (κ3) is 4.47. The average molecular weight is 432 g/mol. The van der Waals surface area contributed by atoms with E-state index in [4.69, 9.17) is 9.72 Å². The van der Waals surface area contributed by atoms with Gasteiger partial charge in [-0.2, -0.15) is 0 Å². The predicted octanol–water partition coefficient (Wildman–Crippen LogP) is 4.33. The summed E-state index contributed by atoms with van der Waals surface area (Å²) in [6, 6.07) is 8.24. The van der Waals surface area contributed by atoms with E-state index in [9.17, 15) is 4.79 Å². The molecule has 7 heteroatoms. The number of hydrogen-bond acceptors (Lipinski definition) is 6. The summed E-state index contributed by atoms with van der Waals surface area (Å²) < 4.78 is 6.20. The normalized spacial score (nSPS) is 19.2. The number of nitrogens with zero attached hydrogens (tertiary/aromatic N) is 5. The number of pyridine rings is 1. The first-order chi connectivity index (χ1) is 15.3. The molecule has 3 aromatic rings. The highest BCUT2D eigenvalue weighted by atomic mass is 16.5. The van der Waals surface area contributed by atoms with Crippen LogP contribution in [0.1, 0.15) is 25.8 Å². The van der Waals surface area contributed by atoms with Crippen molar-refractivity contribution in [2.75, 3.05) is 25.6 Å². The van der Waals surface area contributed by atoms with Gasteiger partial charge in [-0.05, 0) is 42.5 Å². The van der Waals surface area contributed by atoms with Crippen LogP contribution in [0.2, 0.25) is 0 Å². The number of benzene rings is 1. The van der Waals surface area contributed by atoms with Crippen LogP contribution in [0, 0.1) is 24.7 Å². The number of aryl methyl sites for hydroxylation is 1. The zero-order valence-electron chi connectivity index (χ0n) is 19.2. The van der Waals surface area contributed by atoms with Gasteiger partial charge in [-0.15, -0.1) is 0 Å². The number of fused-ring (bicyclic) bond motifs is 1. The van der Waals surface area contributed by atoms with E-state index in [0.717, 1.165) is 16.8 Å². The number of rotatable bonds is 6. The van der Waals surface area contributed by atoms with E-state index < -0.39 is 0 Å². The Labute approximate surface area is 188 Å². The van der Waals surface area contributed by atoms with Crippen molar-refractivity contribution in [1.82, 2.24) is 15.0 Å². The molecule has 4 rings (SSSR count). The minimum atomic E-state index is -0.0481. The van der Waals surface area contributed by atoms with Crippen molar-refractivity contribution >= 4 is 28.8 Å². The van der Waals surface area contributed by atoms with Crippen LogP contribution < -0.4 is 9.64 Å². The monoisotopic (exact) mass is 431 g/mol. The van der Waals surface area contributed by atoms with Crippen LogP contribution in [0.25, 0.3) is 22.3 Å². The van der Waals surface area contributed by atoms with Gasteiger partial charge in [0.05, 0.1) is 17.8 Å². The zero-order valence-corrected chi connectivity index (χ0v) is 19.2. The fraction of sp³-hybridized carbons (Fsp3) is 0.400. The first-order valence-corrected chi connectivity index (χ1v) is 10.9. The topological polar surface area (TPSA) is 80.6 Å². The summed E-state index contributed by atoms with van der Waals surface area (Å²) in [4.78, 5) is 31.4. The van der Waals surface area contributed by atoms with Crippen molar-refractivity contribution in [1.29, 1.82) is 0 Å². The lowest BCUT2D eigenvalue weighted by Crippen LogP contribution is -2.30. The van der Waals surface area contributed by atoms with Crippen molar-refractivity contribution in [3.63, 3.8) is 0 Å². The van der Waals surface area contributed by atoms with Gasteiger partial charge in [0.1, 0.15) is 0 Å². The molecule has 7 nitrogen and oxygen atoms in total. The molecule has 0 aliphatic carbocycles. The Morgan fingerprint density at radius 1 is 1.19 bits per heavy atom. The van der Waals surface area contributed by atoms with Gasteiger partial charge in [0, 0.05) is 56.3 Å². The van der Waals surface area contributed by atoms with E-state index in [1.165, 1.54) is 11.3 Å². The molecule has 0 bridgehead atoms. The summed E-state index contributed by atoms with van der Waals surface area (Å²) in [5.41, 5.74) is 5.53. The summed E-state index contributed by atoms with van der Waals surface area (Å²) in [5, 5.41) is 0. The predicted molar refractivity (Wildman–Crippen MR) is 127 cm³/mol. The molecule has 1 aromatic carbocycles. The number of carbonyl (C=O) groups excluding carboxylic acids is 1. The van der Waals surface area contributed by atoms with Crippen molar-refractivity contribution in [2.45, 2.75) is 27.2 Å². The van der Waals surface area contributed by atoms with Gasteiger partial charge < -0.3 is 9.64 Å². The summed E-state index contributed by atoms with van der Waals surface area (Å²) in [5.74, 6) is 1.04. The third-order valence-electron chi connectivity index (χ3n) is 6.08. The maximum absolute atomic E-state index is 11.6. The maximum Gasteiger partial charge on any atom is 0.245 e. The maximum atomic E-state index is 11.6. The lowest BCUT2D eigenvalue weighted by Gasteiger charge is -2.28. The minimum Gasteiger partial charge on any atom is -0.476 e. The molecular weight excluding hydrogens is 402 g/mol. The second kappa shape index (κ2) is 9.02. The largest absolute Gasteiger partial charge is 0.476 e. The Morgan fingerprint density at radius 3 is 2.69 bits per heavy atom. The number of aromatic nitrogens is 3. The van der Waals surface area contributed by atoms with Crippen LogP contribution in [0.3, 0.4) is 0 Å². The van der Waals surface area contributed by atoms with Gasteiger partial charge in [-0.25, -0.2) is 15.0 Å². The van der Waals surface area contributed by atoms with Crippen molar-refractivity contribution < 1.29 is 9.53 Å². The van der Waals surface area contributed by atoms with Gasteiger partial charge in [0.15, 0.2) is 5.52 Å². The number of aliphatic imine (C=N–C) groups is 1. The van der Waals surface area contributed by atoms with Crippen LogP contribution in [0.15, 0.2) is 41.7 Å². The van der Waals surface area contributed by atoms with Crippen LogP contribution in [0.4, 0.5) is 5.69 Å². The second-order valence-electron chi connectivity index (χ2n) is 8.85. The van der Waals surface area contributed by atoms with Crippen LogP contribution in [-0.2, 0) is 4.79 Å². The molecule has 3 unspecified atom stereocenters. The van der Waals surface area contributed by atoms with Gasteiger partial charge >= 0.3 is 0 Å². The van der Waals surface area contributed by atoms with E-state index in [2.05, 4.69) is 58.8 Å². The molecule has 32 heavy (non-hydrogen) atoms. The molecule has 0 N–H and O–H groups in total. The lowest BCUT2D eigenvalue weighted by molar-refractivity contribution is -0.119. The summed E-state index contributed by atoms with van der Waals surface area (Å²) in [6.07, 6.45) is 5.59. The molecule has 1 aliphatic heterocycles.